The van der Waals surface area contributed by atoms with Crippen LogP contribution in [0.2, 0.25) is 0 Å². The molecule has 2 unspecified atom stereocenters. The lowest BCUT2D eigenvalue weighted by Crippen LogP contribution is -2.39. The van der Waals surface area contributed by atoms with Crippen LogP contribution in [0.4, 0.5) is 5.82 Å². The fourth-order valence-corrected chi connectivity index (χ4v) is 4.33. The Bertz CT molecular complexity index is 830. The maximum Gasteiger partial charge on any atom is 0.325 e. The van der Waals surface area contributed by atoms with Crippen LogP contribution in [-0.4, -0.2) is 54.4 Å². The molecule has 0 bridgehead atoms. The molecule has 0 aromatic carbocycles. The van der Waals surface area contributed by atoms with E-state index in [-0.39, 0.29) is 12.4 Å². The van der Waals surface area contributed by atoms with Crippen molar-refractivity contribution in [2.75, 3.05) is 12.3 Å². The number of aliphatic hydroxyl groups is 1. The predicted molar refractivity (Wildman–Crippen MR) is 81.7 cm³/mol. The van der Waals surface area contributed by atoms with E-state index < -0.39 is 31.3 Å². The molecule has 5 atom stereocenters. The SMILES string of the molecule is Cc1nc2c(N)ncnc2n1C1OC2CO[P@@](O)(=S)O[C@H]2[C@@H]1O. The lowest BCUT2D eigenvalue weighted by Gasteiger charge is -2.30. The van der Waals surface area contributed by atoms with Gasteiger partial charge < -0.3 is 25.0 Å². The molecule has 2 aromatic heterocycles. The first-order valence-electron chi connectivity index (χ1n) is 6.81. The average molecular weight is 359 g/mol. The lowest BCUT2D eigenvalue weighted by molar-refractivity contribution is -0.0599. The molecule has 23 heavy (non-hydrogen) atoms. The minimum atomic E-state index is -3.34. The van der Waals surface area contributed by atoms with Gasteiger partial charge in [-0.2, -0.15) is 0 Å². The maximum absolute atomic E-state index is 10.6. The van der Waals surface area contributed by atoms with Crippen molar-refractivity contribution < 1.29 is 23.8 Å². The van der Waals surface area contributed by atoms with E-state index in [1.54, 1.807) is 11.5 Å². The highest BCUT2D eigenvalue weighted by Gasteiger charge is 2.51. The molecule has 10 nitrogen and oxygen atoms in total. The first kappa shape index (κ1) is 15.3. The highest BCUT2D eigenvalue weighted by Crippen LogP contribution is 2.53. The van der Waals surface area contributed by atoms with Gasteiger partial charge in [-0.3, -0.25) is 9.09 Å². The molecule has 0 aliphatic carbocycles. The van der Waals surface area contributed by atoms with Crippen molar-refractivity contribution >= 4 is 35.5 Å². The zero-order chi connectivity index (χ0) is 16.4. The first-order chi connectivity index (χ1) is 10.9. The topological polar surface area (TPSA) is 138 Å². The van der Waals surface area contributed by atoms with E-state index in [4.69, 9.17) is 31.3 Å². The molecule has 0 saturated carbocycles. The van der Waals surface area contributed by atoms with Gasteiger partial charge in [0.1, 0.15) is 30.5 Å². The van der Waals surface area contributed by atoms with Gasteiger partial charge in [-0.1, -0.05) is 0 Å². The monoisotopic (exact) mass is 359 g/mol. The molecular formula is C11H14N5O5PS. The van der Waals surface area contributed by atoms with Crippen LogP contribution in [0.25, 0.3) is 11.2 Å². The van der Waals surface area contributed by atoms with Crippen LogP contribution < -0.4 is 5.73 Å². The number of hydrogen-bond donors (Lipinski definition) is 3. The second-order valence-electron chi connectivity index (χ2n) is 5.35. The minimum Gasteiger partial charge on any atom is -0.386 e. The quantitative estimate of drug-likeness (QED) is 0.577. The molecule has 0 amide bonds. The summed E-state index contributed by atoms with van der Waals surface area (Å²) in [5, 5.41) is 10.6. The molecular weight excluding hydrogens is 345 g/mol. The summed E-state index contributed by atoms with van der Waals surface area (Å²) in [6.45, 7) is -1.55. The van der Waals surface area contributed by atoms with E-state index in [0.717, 1.165) is 0 Å². The Balaban J connectivity index is 1.76. The number of rotatable bonds is 1. The number of anilines is 1. The standard InChI is InChI=1S/C11H14N5O5PS/c1-4-15-6-9(12)13-3-14-10(6)16(4)11-7(17)8-5(20-11)2-19-22(18,23)21-8/h3,5,7-8,11,17H,2H2,1H3,(H,18,23)(H2,12,13,14)/t5?,7-,8+,11?,22+/m0/s1. The Morgan fingerprint density at radius 3 is 3.04 bits per heavy atom. The van der Waals surface area contributed by atoms with E-state index in [1.807, 2.05) is 0 Å². The van der Waals surface area contributed by atoms with Crippen LogP contribution in [0, 0.1) is 6.92 Å². The largest absolute Gasteiger partial charge is 0.386 e. The van der Waals surface area contributed by atoms with Crippen LogP contribution in [0.1, 0.15) is 12.1 Å². The molecule has 124 valence electrons. The normalized spacial score (nSPS) is 37.2. The van der Waals surface area contributed by atoms with Gasteiger partial charge >= 0.3 is 6.72 Å². The number of aliphatic hydroxyl groups excluding tert-OH is 1. The predicted octanol–water partition coefficient (Wildman–Crippen LogP) is -0.393. The van der Waals surface area contributed by atoms with Crippen molar-refractivity contribution in [3.05, 3.63) is 12.2 Å². The van der Waals surface area contributed by atoms with E-state index in [2.05, 4.69) is 15.0 Å². The van der Waals surface area contributed by atoms with Gasteiger partial charge in [-0.05, 0) is 18.7 Å². The summed E-state index contributed by atoms with van der Waals surface area (Å²) >= 11 is 4.83. The third-order valence-corrected chi connectivity index (χ3v) is 5.46. The number of nitrogen functional groups attached to an aromatic ring is 1. The molecule has 2 aromatic rings. The molecule has 4 rings (SSSR count). The van der Waals surface area contributed by atoms with E-state index in [0.29, 0.717) is 17.0 Å². The van der Waals surface area contributed by atoms with E-state index >= 15 is 0 Å². The summed E-state index contributed by atoms with van der Waals surface area (Å²) < 4.78 is 17.8. The van der Waals surface area contributed by atoms with Crippen LogP contribution in [0.15, 0.2) is 6.33 Å². The Hall–Kier alpha value is -1.20. The van der Waals surface area contributed by atoms with Gasteiger partial charge in [-0.25, -0.2) is 15.0 Å². The molecule has 4 N–H and O–H groups in total. The van der Waals surface area contributed by atoms with Crippen molar-refractivity contribution in [2.24, 2.45) is 0 Å². The molecule has 12 heteroatoms. The summed E-state index contributed by atoms with van der Waals surface area (Å²) in [7, 11) is 0. The zero-order valence-electron chi connectivity index (χ0n) is 11.9. The highest BCUT2D eigenvalue weighted by molar-refractivity contribution is 8.07. The number of hydrogen-bond acceptors (Lipinski definition) is 9. The third kappa shape index (κ3) is 2.36. The number of ether oxygens (including phenoxy) is 1. The van der Waals surface area contributed by atoms with Crippen LogP contribution in [0.3, 0.4) is 0 Å². The summed E-state index contributed by atoms with van der Waals surface area (Å²) in [5.74, 6) is 0.798. The number of nitrogens with zero attached hydrogens (tertiary/aromatic N) is 4. The summed E-state index contributed by atoms with van der Waals surface area (Å²) in [6.07, 6.45) is -1.88. The molecule has 0 spiro atoms. The van der Waals surface area contributed by atoms with Gasteiger partial charge in [0.05, 0.1) is 6.61 Å². The van der Waals surface area contributed by atoms with Crippen molar-refractivity contribution in [2.45, 2.75) is 31.5 Å². The van der Waals surface area contributed by atoms with Crippen LogP contribution in [0.5, 0.6) is 0 Å². The Labute approximate surface area is 135 Å². The Kier molecular flexibility index (Phi) is 3.43. The fourth-order valence-electron chi connectivity index (χ4n) is 2.89. The number of imidazole rings is 1. The lowest BCUT2D eigenvalue weighted by atomic mass is 10.1. The molecule has 0 radical (unpaired) electrons. The summed E-state index contributed by atoms with van der Waals surface area (Å²) in [6, 6.07) is 0. The molecule has 4 heterocycles. The number of aryl methyl sites for hydroxylation is 1. The minimum absolute atomic E-state index is 0.0504. The molecule has 2 fully saturated rings. The fraction of sp³-hybridized carbons (Fsp3) is 0.545. The van der Waals surface area contributed by atoms with Crippen LogP contribution in [-0.2, 0) is 25.6 Å². The van der Waals surface area contributed by atoms with Gasteiger partial charge in [-0.15, -0.1) is 0 Å². The zero-order valence-corrected chi connectivity index (χ0v) is 13.6. The first-order valence-corrected chi connectivity index (χ1v) is 9.41. The Morgan fingerprint density at radius 2 is 2.26 bits per heavy atom. The number of fused-ring (bicyclic) bond motifs is 2. The van der Waals surface area contributed by atoms with Gasteiger partial charge in [0.15, 0.2) is 23.2 Å². The van der Waals surface area contributed by atoms with Gasteiger partial charge in [0, 0.05) is 0 Å². The maximum atomic E-state index is 10.6. The van der Waals surface area contributed by atoms with E-state index in [1.165, 1.54) is 6.33 Å². The van der Waals surface area contributed by atoms with Gasteiger partial charge in [0.25, 0.3) is 0 Å². The van der Waals surface area contributed by atoms with Crippen molar-refractivity contribution in [3.63, 3.8) is 0 Å². The molecule has 2 aliphatic rings. The van der Waals surface area contributed by atoms with Crippen molar-refractivity contribution in [3.8, 4) is 0 Å². The second-order valence-corrected chi connectivity index (χ2v) is 8.14. The van der Waals surface area contributed by atoms with Crippen molar-refractivity contribution in [1.29, 1.82) is 0 Å². The average Bonchev–Trinajstić information content (AvgIpc) is 2.97. The second kappa shape index (κ2) is 5.15. The highest BCUT2D eigenvalue weighted by atomic mass is 32.5. The smallest absolute Gasteiger partial charge is 0.325 e. The third-order valence-electron chi connectivity index (χ3n) is 3.90. The van der Waals surface area contributed by atoms with E-state index in [9.17, 15) is 10.00 Å². The Morgan fingerprint density at radius 1 is 1.48 bits per heavy atom. The number of nitrogens with two attached hydrogens (primary N) is 1. The summed E-state index contributed by atoms with van der Waals surface area (Å²) in [5.41, 5.74) is 6.68. The van der Waals surface area contributed by atoms with Gasteiger partial charge in [0.2, 0.25) is 0 Å². The number of aromatic nitrogens is 4. The molecule has 2 saturated heterocycles. The van der Waals surface area contributed by atoms with Crippen LogP contribution >= 0.6 is 6.72 Å². The molecule has 2 aliphatic heterocycles. The summed E-state index contributed by atoms with van der Waals surface area (Å²) in [4.78, 5) is 22.2. The van der Waals surface area contributed by atoms with Crippen molar-refractivity contribution in [1.82, 2.24) is 19.5 Å².